The van der Waals surface area contributed by atoms with Crippen LogP contribution in [0.2, 0.25) is 0 Å². The van der Waals surface area contributed by atoms with E-state index >= 15 is 0 Å². The predicted molar refractivity (Wildman–Crippen MR) is 65.8 cm³/mol. The summed E-state index contributed by atoms with van der Waals surface area (Å²) in [5.41, 5.74) is 0.717. The first-order valence-electron chi connectivity index (χ1n) is 6.26. The van der Waals surface area contributed by atoms with Gasteiger partial charge in [0, 0.05) is 25.8 Å². The van der Waals surface area contributed by atoms with Gasteiger partial charge in [-0.3, -0.25) is 4.79 Å². The van der Waals surface area contributed by atoms with E-state index in [-0.39, 0.29) is 11.8 Å². The molecule has 4 nitrogen and oxygen atoms in total. The van der Waals surface area contributed by atoms with Crippen LogP contribution < -0.4 is 0 Å². The number of aryl methyl sites for hydroxylation is 1. The molecule has 2 heterocycles. The van der Waals surface area contributed by atoms with Gasteiger partial charge in [0.1, 0.15) is 5.69 Å². The second-order valence-corrected chi connectivity index (χ2v) is 4.76. The predicted octanol–water partition coefficient (Wildman–Crippen LogP) is 1.35. The number of hydrogen-bond acceptors (Lipinski definition) is 2. The van der Waals surface area contributed by atoms with Gasteiger partial charge in [-0.2, -0.15) is 0 Å². The monoisotopic (exact) mass is 236 g/mol. The maximum Gasteiger partial charge on any atom is 0.270 e. The van der Waals surface area contributed by atoms with Crippen LogP contribution in [0.3, 0.4) is 0 Å². The van der Waals surface area contributed by atoms with E-state index in [1.54, 1.807) is 4.90 Å². The van der Waals surface area contributed by atoms with Crippen molar-refractivity contribution in [2.75, 3.05) is 13.1 Å². The Balaban J connectivity index is 2.10. The summed E-state index contributed by atoms with van der Waals surface area (Å²) in [6.07, 6.45) is 2.40. The van der Waals surface area contributed by atoms with E-state index in [4.69, 9.17) is 0 Å². The number of amides is 1. The normalized spacial score (nSPS) is 25.0. The summed E-state index contributed by atoms with van der Waals surface area (Å²) in [6, 6.07) is 3.73. The molecule has 94 valence electrons. The lowest BCUT2D eigenvalue weighted by atomic mass is 9.96. The highest BCUT2D eigenvalue weighted by atomic mass is 16.3. The molecule has 1 fully saturated rings. The van der Waals surface area contributed by atoms with Crippen LogP contribution >= 0.6 is 0 Å². The largest absolute Gasteiger partial charge is 0.391 e. The van der Waals surface area contributed by atoms with Crippen molar-refractivity contribution in [2.24, 2.45) is 5.92 Å². The van der Waals surface area contributed by atoms with Gasteiger partial charge in [-0.25, -0.2) is 0 Å². The molecular weight excluding hydrogens is 216 g/mol. The molecule has 0 radical (unpaired) electrons. The van der Waals surface area contributed by atoms with Crippen LogP contribution in [0.1, 0.15) is 30.8 Å². The van der Waals surface area contributed by atoms with E-state index in [1.165, 1.54) is 0 Å². The third-order valence-electron chi connectivity index (χ3n) is 3.60. The van der Waals surface area contributed by atoms with Crippen molar-refractivity contribution in [3.63, 3.8) is 0 Å². The van der Waals surface area contributed by atoms with Gasteiger partial charge in [0.15, 0.2) is 0 Å². The summed E-state index contributed by atoms with van der Waals surface area (Å²) in [7, 11) is 0. The van der Waals surface area contributed by atoms with Crippen molar-refractivity contribution in [1.82, 2.24) is 9.47 Å². The van der Waals surface area contributed by atoms with Gasteiger partial charge in [0.05, 0.1) is 6.10 Å². The lowest BCUT2D eigenvalue weighted by molar-refractivity contribution is 0.0242. The molecule has 0 aliphatic carbocycles. The topological polar surface area (TPSA) is 45.5 Å². The number of aliphatic hydroxyl groups is 1. The molecule has 1 saturated heterocycles. The Morgan fingerprint density at radius 1 is 1.59 bits per heavy atom. The highest BCUT2D eigenvalue weighted by molar-refractivity contribution is 5.92. The lowest BCUT2D eigenvalue weighted by Crippen LogP contribution is -2.46. The quantitative estimate of drug-likeness (QED) is 0.842. The molecule has 0 spiro atoms. The molecule has 1 N–H and O–H groups in total. The standard InChI is InChI=1S/C13H20N2O2/c1-3-14-7-4-5-11(14)13(17)15-8-6-10(2)12(16)9-15/h4-5,7,10,12,16H,3,6,8-9H2,1-2H3. The number of nitrogens with zero attached hydrogens (tertiary/aromatic N) is 2. The first-order chi connectivity index (χ1) is 8.13. The van der Waals surface area contributed by atoms with Gasteiger partial charge >= 0.3 is 0 Å². The zero-order valence-electron chi connectivity index (χ0n) is 10.5. The zero-order valence-corrected chi connectivity index (χ0v) is 10.5. The maximum absolute atomic E-state index is 12.3. The van der Waals surface area contributed by atoms with Crippen LogP contribution in [0.25, 0.3) is 0 Å². The van der Waals surface area contributed by atoms with Gasteiger partial charge in [-0.15, -0.1) is 0 Å². The Kier molecular flexibility index (Phi) is 3.52. The van der Waals surface area contributed by atoms with Crippen LogP contribution in [0.4, 0.5) is 0 Å². The van der Waals surface area contributed by atoms with Crippen molar-refractivity contribution in [3.8, 4) is 0 Å². The fourth-order valence-electron chi connectivity index (χ4n) is 2.28. The summed E-state index contributed by atoms with van der Waals surface area (Å²) in [6.45, 7) is 6.03. The van der Waals surface area contributed by atoms with Crippen LogP contribution in [-0.2, 0) is 6.54 Å². The molecule has 1 aliphatic heterocycles. The average Bonchev–Trinajstić information content (AvgIpc) is 2.80. The Morgan fingerprint density at radius 3 is 3.00 bits per heavy atom. The highest BCUT2D eigenvalue weighted by Crippen LogP contribution is 2.19. The molecule has 1 aliphatic rings. The molecule has 2 rings (SSSR count). The Labute approximate surface area is 102 Å². The number of piperidine rings is 1. The number of aromatic nitrogens is 1. The molecule has 2 atom stereocenters. The number of carbonyl (C=O) groups excluding carboxylic acids is 1. The molecule has 17 heavy (non-hydrogen) atoms. The van der Waals surface area contributed by atoms with E-state index in [1.807, 2.05) is 36.7 Å². The summed E-state index contributed by atoms with van der Waals surface area (Å²) < 4.78 is 1.94. The van der Waals surface area contributed by atoms with Crippen molar-refractivity contribution >= 4 is 5.91 Å². The van der Waals surface area contributed by atoms with E-state index < -0.39 is 6.10 Å². The third kappa shape index (κ3) is 2.36. The second-order valence-electron chi connectivity index (χ2n) is 4.76. The van der Waals surface area contributed by atoms with Crippen molar-refractivity contribution in [1.29, 1.82) is 0 Å². The highest BCUT2D eigenvalue weighted by Gasteiger charge is 2.28. The van der Waals surface area contributed by atoms with Gasteiger partial charge in [-0.1, -0.05) is 6.92 Å². The fourth-order valence-corrected chi connectivity index (χ4v) is 2.28. The Bertz CT molecular complexity index is 400. The number of aliphatic hydroxyl groups excluding tert-OH is 1. The van der Waals surface area contributed by atoms with Gasteiger partial charge in [-0.05, 0) is 31.4 Å². The SMILES string of the molecule is CCn1cccc1C(=O)N1CCC(C)C(O)C1. The minimum absolute atomic E-state index is 0.0304. The van der Waals surface area contributed by atoms with Crippen LogP contribution in [0.15, 0.2) is 18.3 Å². The summed E-state index contributed by atoms with van der Waals surface area (Å²) >= 11 is 0. The van der Waals surface area contributed by atoms with Crippen molar-refractivity contribution in [2.45, 2.75) is 32.9 Å². The number of hydrogen-bond donors (Lipinski definition) is 1. The summed E-state index contributed by atoms with van der Waals surface area (Å²) in [4.78, 5) is 14.0. The molecule has 2 unspecified atom stereocenters. The van der Waals surface area contributed by atoms with Crippen molar-refractivity contribution in [3.05, 3.63) is 24.0 Å². The van der Waals surface area contributed by atoms with Crippen LogP contribution in [0, 0.1) is 5.92 Å². The molecule has 0 saturated carbocycles. The Hall–Kier alpha value is -1.29. The van der Waals surface area contributed by atoms with Crippen LogP contribution in [-0.4, -0.2) is 39.7 Å². The van der Waals surface area contributed by atoms with Crippen molar-refractivity contribution < 1.29 is 9.90 Å². The summed E-state index contributed by atoms with van der Waals surface area (Å²) in [5.74, 6) is 0.319. The molecule has 0 bridgehead atoms. The smallest absolute Gasteiger partial charge is 0.270 e. The number of likely N-dealkylation sites (tertiary alicyclic amines) is 1. The summed E-state index contributed by atoms with van der Waals surface area (Å²) in [5, 5.41) is 9.82. The molecule has 0 aromatic carbocycles. The first-order valence-corrected chi connectivity index (χ1v) is 6.26. The third-order valence-corrected chi connectivity index (χ3v) is 3.60. The molecule has 1 aromatic rings. The molecule has 4 heteroatoms. The second kappa shape index (κ2) is 4.92. The van der Waals surface area contributed by atoms with Gasteiger partial charge < -0.3 is 14.6 Å². The van der Waals surface area contributed by atoms with Crippen LogP contribution in [0.5, 0.6) is 0 Å². The molecule has 1 amide bonds. The minimum Gasteiger partial charge on any atom is -0.391 e. The first kappa shape index (κ1) is 12.2. The number of β-amino-alcohol motifs (C(OH)–C–C–N with tert-alkyl or cyclic N) is 1. The average molecular weight is 236 g/mol. The van der Waals surface area contributed by atoms with E-state index in [0.717, 1.165) is 19.5 Å². The van der Waals surface area contributed by atoms with E-state index in [9.17, 15) is 9.90 Å². The molecular formula is C13H20N2O2. The Morgan fingerprint density at radius 2 is 2.35 bits per heavy atom. The van der Waals surface area contributed by atoms with Gasteiger partial charge in [0.2, 0.25) is 0 Å². The van der Waals surface area contributed by atoms with E-state index in [2.05, 4.69) is 0 Å². The number of carbonyl (C=O) groups is 1. The van der Waals surface area contributed by atoms with Gasteiger partial charge in [0.25, 0.3) is 5.91 Å². The van der Waals surface area contributed by atoms with E-state index in [0.29, 0.717) is 12.2 Å². The number of rotatable bonds is 2. The zero-order chi connectivity index (χ0) is 12.4. The lowest BCUT2D eigenvalue weighted by Gasteiger charge is -2.34. The fraction of sp³-hybridized carbons (Fsp3) is 0.615. The minimum atomic E-state index is -0.391. The molecule has 1 aromatic heterocycles. The maximum atomic E-state index is 12.3.